The highest BCUT2D eigenvalue weighted by atomic mass is 32.1. The number of esters is 1. The van der Waals surface area contributed by atoms with E-state index in [0.29, 0.717) is 16.2 Å². The molecule has 2 heterocycles. The number of hydrogen-bond donors (Lipinski definition) is 0. The van der Waals surface area contributed by atoms with E-state index in [2.05, 4.69) is 9.72 Å². The van der Waals surface area contributed by atoms with E-state index < -0.39 is 12.3 Å². The lowest BCUT2D eigenvalue weighted by Gasteiger charge is -2.08. The van der Waals surface area contributed by atoms with Crippen LogP contribution in [0.2, 0.25) is 0 Å². The van der Waals surface area contributed by atoms with Gasteiger partial charge in [0.2, 0.25) is 0 Å². The molecule has 2 aromatic heterocycles. The maximum absolute atomic E-state index is 12.1. The van der Waals surface area contributed by atoms with Crippen molar-refractivity contribution in [3.8, 4) is 5.75 Å². The molecule has 10 heteroatoms. The first-order valence-electron chi connectivity index (χ1n) is 7.46. The van der Waals surface area contributed by atoms with Crippen molar-refractivity contribution < 1.29 is 27.4 Å². The van der Waals surface area contributed by atoms with Gasteiger partial charge in [0.25, 0.3) is 5.56 Å². The molecular formula is C17H11F3N2O4S. The number of hydrogen-bond acceptors (Lipinski definition) is 6. The topological polar surface area (TPSA) is 69.9 Å². The quantitative estimate of drug-likeness (QED) is 0.488. The molecule has 0 N–H and O–H groups in total. The number of fused-ring (bicyclic) bond motifs is 1. The number of halogens is 3. The molecule has 0 aliphatic rings. The van der Waals surface area contributed by atoms with Crippen molar-refractivity contribution in [3.63, 3.8) is 0 Å². The molecule has 0 spiro atoms. The molecule has 0 unspecified atom stereocenters. The zero-order chi connectivity index (χ0) is 19.4. The number of benzene rings is 1. The fraction of sp³-hybridized carbons (Fsp3) is 0.118. The summed E-state index contributed by atoms with van der Waals surface area (Å²) in [5.41, 5.74) is 0.528. The average molecular weight is 396 g/mol. The summed E-state index contributed by atoms with van der Waals surface area (Å²) in [5.74, 6) is -1.04. The van der Waals surface area contributed by atoms with E-state index in [-0.39, 0.29) is 17.9 Å². The van der Waals surface area contributed by atoms with Crippen LogP contribution in [0.1, 0.15) is 11.3 Å². The maximum atomic E-state index is 12.1. The van der Waals surface area contributed by atoms with E-state index in [4.69, 9.17) is 4.74 Å². The van der Waals surface area contributed by atoms with E-state index in [1.807, 2.05) is 0 Å². The molecule has 0 aliphatic heterocycles. The van der Waals surface area contributed by atoms with Crippen LogP contribution in [-0.2, 0) is 16.1 Å². The number of thiazole rings is 1. The van der Waals surface area contributed by atoms with Crippen LogP contribution in [0, 0.1) is 0 Å². The van der Waals surface area contributed by atoms with E-state index >= 15 is 0 Å². The molecule has 0 saturated carbocycles. The summed E-state index contributed by atoms with van der Waals surface area (Å²) < 4.78 is 46.4. The molecule has 3 aromatic rings. The van der Waals surface area contributed by atoms with Gasteiger partial charge in [-0.25, -0.2) is 9.78 Å². The molecule has 3 rings (SSSR count). The zero-order valence-electron chi connectivity index (χ0n) is 13.5. The smallest absolute Gasteiger partial charge is 0.456 e. The van der Waals surface area contributed by atoms with Crippen molar-refractivity contribution in [1.29, 1.82) is 0 Å². The zero-order valence-corrected chi connectivity index (χ0v) is 14.3. The highest BCUT2D eigenvalue weighted by molar-refractivity contribution is 7.15. The van der Waals surface area contributed by atoms with E-state index in [1.165, 1.54) is 40.0 Å². The van der Waals surface area contributed by atoms with Gasteiger partial charge in [-0.1, -0.05) is 12.1 Å². The number of rotatable bonds is 5. The normalized spacial score (nSPS) is 11.8. The second-order valence-corrected chi connectivity index (χ2v) is 6.07. The molecule has 1 aromatic carbocycles. The number of aromatic nitrogens is 2. The van der Waals surface area contributed by atoms with Crippen LogP contribution in [0.15, 0.2) is 52.8 Å². The van der Waals surface area contributed by atoms with Gasteiger partial charge in [-0.15, -0.1) is 24.5 Å². The van der Waals surface area contributed by atoms with Crippen LogP contribution in [0.5, 0.6) is 5.75 Å². The van der Waals surface area contributed by atoms with Crippen LogP contribution in [-0.4, -0.2) is 21.7 Å². The summed E-state index contributed by atoms with van der Waals surface area (Å²) in [6.45, 7) is -0.175. The first-order valence-corrected chi connectivity index (χ1v) is 8.34. The largest absolute Gasteiger partial charge is 0.573 e. The molecule has 0 radical (unpaired) electrons. The number of ether oxygens (including phenoxy) is 2. The Bertz CT molecular complexity index is 1040. The Morgan fingerprint density at radius 1 is 1.26 bits per heavy atom. The third-order valence-electron chi connectivity index (χ3n) is 3.24. The SMILES string of the molecule is O=C(/C=C/c1ccc(OC(F)(F)F)cc1)OCc1cc(=O)n2ccsc2n1. The standard InChI is InChI=1S/C17H11F3N2O4S/c18-17(19,20)26-13-4-1-11(2-5-13)3-6-15(24)25-10-12-9-14(23)22-7-8-27-16(22)21-12/h1-9H,10H2/b6-3+. The average Bonchev–Trinajstić information content (AvgIpc) is 3.07. The minimum atomic E-state index is -4.76. The Kier molecular flexibility index (Phi) is 5.26. The molecule has 0 fully saturated rings. The van der Waals surface area contributed by atoms with Gasteiger partial charge in [0.05, 0.1) is 5.69 Å². The molecule has 0 saturated heterocycles. The number of carbonyl (C=O) groups excluding carboxylic acids is 1. The Hall–Kier alpha value is -3.14. The first kappa shape index (κ1) is 18.6. The predicted octanol–water partition coefficient (Wildman–Crippen LogP) is 3.41. The number of carbonyl (C=O) groups is 1. The second kappa shape index (κ2) is 7.62. The van der Waals surface area contributed by atoms with E-state index in [0.717, 1.165) is 18.2 Å². The molecular weight excluding hydrogens is 385 g/mol. The fourth-order valence-electron chi connectivity index (χ4n) is 2.10. The number of alkyl halides is 3. The van der Waals surface area contributed by atoms with Gasteiger partial charge < -0.3 is 9.47 Å². The Morgan fingerprint density at radius 2 is 2.00 bits per heavy atom. The summed E-state index contributed by atoms with van der Waals surface area (Å²) in [7, 11) is 0. The van der Waals surface area contributed by atoms with Crippen LogP contribution < -0.4 is 10.3 Å². The van der Waals surface area contributed by atoms with E-state index in [9.17, 15) is 22.8 Å². The Balaban J connectivity index is 1.57. The fourth-order valence-corrected chi connectivity index (χ4v) is 2.84. The summed E-state index contributed by atoms with van der Waals surface area (Å²) in [5, 5.41) is 1.72. The monoisotopic (exact) mass is 396 g/mol. The van der Waals surface area contributed by atoms with Gasteiger partial charge in [0.15, 0.2) is 4.96 Å². The number of nitrogens with zero attached hydrogens (tertiary/aromatic N) is 2. The highest BCUT2D eigenvalue weighted by Crippen LogP contribution is 2.23. The summed E-state index contributed by atoms with van der Waals surface area (Å²) >= 11 is 1.28. The van der Waals surface area contributed by atoms with Crippen LogP contribution in [0.3, 0.4) is 0 Å². The van der Waals surface area contributed by atoms with Gasteiger partial charge >= 0.3 is 12.3 Å². The molecule has 0 atom stereocenters. The molecule has 0 bridgehead atoms. The minimum absolute atomic E-state index is 0.175. The summed E-state index contributed by atoms with van der Waals surface area (Å²) in [6, 6.07) is 6.25. The van der Waals surface area contributed by atoms with Crippen molar-refractivity contribution in [2.24, 2.45) is 0 Å². The summed E-state index contributed by atoms with van der Waals surface area (Å²) in [6.07, 6.45) is -0.663. The lowest BCUT2D eigenvalue weighted by atomic mass is 10.2. The van der Waals surface area contributed by atoms with Gasteiger partial charge in [-0.3, -0.25) is 9.20 Å². The lowest BCUT2D eigenvalue weighted by molar-refractivity contribution is -0.274. The van der Waals surface area contributed by atoms with Crippen LogP contribution >= 0.6 is 11.3 Å². The third kappa shape index (κ3) is 5.17. The van der Waals surface area contributed by atoms with Crippen molar-refractivity contribution in [3.05, 3.63) is 69.6 Å². The van der Waals surface area contributed by atoms with Crippen LogP contribution in [0.25, 0.3) is 11.0 Å². The summed E-state index contributed by atoms with van der Waals surface area (Å²) in [4.78, 5) is 28.3. The third-order valence-corrected chi connectivity index (χ3v) is 4.00. The van der Waals surface area contributed by atoms with Crippen molar-refractivity contribution >= 4 is 28.3 Å². The van der Waals surface area contributed by atoms with Gasteiger partial charge in [-0.2, -0.15) is 0 Å². The molecule has 0 amide bonds. The van der Waals surface area contributed by atoms with Crippen LogP contribution in [0.4, 0.5) is 13.2 Å². The van der Waals surface area contributed by atoms with Gasteiger partial charge in [0, 0.05) is 23.7 Å². The first-order chi connectivity index (χ1) is 12.8. The van der Waals surface area contributed by atoms with Crippen molar-refractivity contribution in [2.45, 2.75) is 13.0 Å². The van der Waals surface area contributed by atoms with Gasteiger partial charge in [-0.05, 0) is 23.8 Å². The van der Waals surface area contributed by atoms with E-state index in [1.54, 1.807) is 11.6 Å². The molecule has 6 nitrogen and oxygen atoms in total. The Morgan fingerprint density at radius 3 is 2.70 bits per heavy atom. The molecule has 140 valence electrons. The lowest BCUT2D eigenvalue weighted by Crippen LogP contribution is -2.16. The predicted molar refractivity (Wildman–Crippen MR) is 91.3 cm³/mol. The van der Waals surface area contributed by atoms with Crippen molar-refractivity contribution in [1.82, 2.24) is 9.38 Å². The maximum Gasteiger partial charge on any atom is 0.573 e. The molecule has 27 heavy (non-hydrogen) atoms. The second-order valence-electron chi connectivity index (χ2n) is 5.20. The minimum Gasteiger partial charge on any atom is -0.456 e. The highest BCUT2D eigenvalue weighted by Gasteiger charge is 2.30. The Labute approximate surface area is 154 Å². The van der Waals surface area contributed by atoms with Crippen molar-refractivity contribution in [2.75, 3.05) is 0 Å². The molecule has 0 aliphatic carbocycles. The van der Waals surface area contributed by atoms with Gasteiger partial charge in [0.1, 0.15) is 12.4 Å².